The number of hydrogen-bond donors (Lipinski definition) is 1. The van der Waals surface area contributed by atoms with Crippen molar-refractivity contribution >= 4 is 18.0 Å². The van der Waals surface area contributed by atoms with Crippen LogP contribution in [0.3, 0.4) is 0 Å². The Hall–Kier alpha value is -3.35. The highest BCUT2D eigenvalue weighted by atomic mass is 16.6. The molecule has 0 saturated heterocycles. The van der Waals surface area contributed by atoms with Gasteiger partial charge in [-0.15, -0.1) is 0 Å². The Morgan fingerprint density at radius 2 is 1.49 bits per heavy atom. The van der Waals surface area contributed by atoms with E-state index in [9.17, 15) is 14.4 Å². The maximum absolute atomic E-state index is 13.0. The Morgan fingerprint density at radius 1 is 0.892 bits per heavy atom. The Kier molecular flexibility index (Phi) is 10.1. The molecule has 2 aromatic rings. The number of amides is 2. The van der Waals surface area contributed by atoms with Crippen molar-refractivity contribution in [3.05, 3.63) is 59.7 Å². The van der Waals surface area contributed by atoms with E-state index in [1.165, 1.54) is 16.0 Å². The molecule has 0 bridgehead atoms. The first-order valence-corrected chi connectivity index (χ1v) is 13.3. The number of ketones is 1. The smallest absolute Gasteiger partial charge is 0.410 e. The summed E-state index contributed by atoms with van der Waals surface area (Å²) < 4.78 is 11.0. The third-order valence-electron chi connectivity index (χ3n) is 6.38. The Labute approximate surface area is 220 Å². The zero-order valence-corrected chi connectivity index (χ0v) is 22.5. The van der Waals surface area contributed by atoms with Gasteiger partial charge < -0.3 is 19.7 Å². The van der Waals surface area contributed by atoms with E-state index >= 15 is 0 Å². The molecule has 1 N–H and O–H groups in total. The van der Waals surface area contributed by atoms with Crippen LogP contribution in [0.15, 0.2) is 48.5 Å². The molecule has 0 fully saturated rings. The number of nitrogens with zero attached hydrogens (tertiary/aromatic N) is 1. The second-order valence-electron chi connectivity index (χ2n) is 10.5. The van der Waals surface area contributed by atoms with E-state index in [2.05, 4.69) is 29.6 Å². The van der Waals surface area contributed by atoms with E-state index < -0.39 is 17.8 Å². The van der Waals surface area contributed by atoms with Crippen LogP contribution in [0.4, 0.5) is 9.59 Å². The summed E-state index contributed by atoms with van der Waals surface area (Å²) in [5, 5.41) is 2.76. The van der Waals surface area contributed by atoms with Gasteiger partial charge in [0.1, 0.15) is 12.2 Å². The van der Waals surface area contributed by atoms with Crippen LogP contribution in [0.5, 0.6) is 0 Å². The van der Waals surface area contributed by atoms with Gasteiger partial charge in [0.25, 0.3) is 0 Å². The van der Waals surface area contributed by atoms with Crippen molar-refractivity contribution in [1.29, 1.82) is 0 Å². The van der Waals surface area contributed by atoms with Gasteiger partial charge in [-0.3, -0.25) is 4.79 Å². The standard InChI is InChI=1S/C30H40N2O5/c1-5-22(33)20-32(19-13-7-6-12-18-31-28(34)37-30(2,3)4)29(35)36-21-27-25-16-10-8-14-23(25)24-15-9-11-17-26(24)27/h8-11,14-17,27H,5-7,12-13,18-21H2,1-4H3,(H,31,34). The van der Waals surface area contributed by atoms with Gasteiger partial charge in [0, 0.05) is 25.4 Å². The quantitative estimate of drug-likeness (QED) is 0.340. The maximum Gasteiger partial charge on any atom is 0.410 e. The lowest BCUT2D eigenvalue weighted by Gasteiger charge is -2.23. The Balaban J connectivity index is 1.47. The first kappa shape index (κ1) is 28.2. The molecule has 0 spiro atoms. The van der Waals surface area contributed by atoms with E-state index in [1.807, 2.05) is 45.0 Å². The molecule has 3 rings (SSSR count). The number of fused-ring (bicyclic) bond motifs is 3. The van der Waals surface area contributed by atoms with E-state index in [0.29, 0.717) is 19.5 Å². The lowest BCUT2D eigenvalue weighted by atomic mass is 9.98. The molecule has 2 aromatic carbocycles. The molecular formula is C30H40N2O5. The number of benzene rings is 2. The van der Waals surface area contributed by atoms with Gasteiger partial charge in [-0.2, -0.15) is 0 Å². The average Bonchev–Trinajstić information content (AvgIpc) is 3.18. The minimum absolute atomic E-state index is 0.00932. The van der Waals surface area contributed by atoms with Crippen LogP contribution in [0.1, 0.15) is 76.8 Å². The third kappa shape index (κ3) is 8.34. The van der Waals surface area contributed by atoms with Crippen LogP contribution in [0, 0.1) is 0 Å². The monoisotopic (exact) mass is 508 g/mol. The average molecular weight is 509 g/mol. The highest BCUT2D eigenvalue weighted by Gasteiger charge is 2.30. The highest BCUT2D eigenvalue weighted by Crippen LogP contribution is 2.44. The van der Waals surface area contributed by atoms with E-state index in [0.717, 1.165) is 36.8 Å². The molecule has 0 aromatic heterocycles. The van der Waals surface area contributed by atoms with Gasteiger partial charge in [-0.25, -0.2) is 9.59 Å². The first-order valence-electron chi connectivity index (χ1n) is 13.3. The molecule has 2 amide bonds. The molecule has 0 heterocycles. The molecule has 37 heavy (non-hydrogen) atoms. The van der Waals surface area contributed by atoms with Gasteiger partial charge in [0.15, 0.2) is 5.78 Å². The molecule has 0 aliphatic heterocycles. The molecule has 7 nitrogen and oxygen atoms in total. The first-order chi connectivity index (χ1) is 17.7. The van der Waals surface area contributed by atoms with E-state index in [4.69, 9.17) is 9.47 Å². The topological polar surface area (TPSA) is 84.9 Å². The molecule has 0 saturated carbocycles. The van der Waals surface area contributed by atoms with Crippen molar-refractivity contribution < 1.29 is 23.9 Å². The number of ether oxygens (including phenoxy) is 2. The fraction of sp³-hybridized carbons (Fsp3) is 0.500. The fourth-order valence-electron chi connectivity index (χ4n) is 4.53. The molecule has 0 atom stereocenters. The van der Waals surface area contributed by atoms with Gasteiger partial charge in [0.2, 0.25) is 0 Å². The van der Waals surface area contributed by atoms with Gasteiger partial charge >= 0.3 is 12.2 Å². The third-order valence-corrected chi connectivity index (χ3v) is 6.38. The Morgan fingerprint density at radius 3 is 2.08 bits per heavy atom. The lowest BCUT2D eigenvalue weighted by Crippen LogP contribution is -2.37. The molecular weight excluding hydrogens is 468 g/mol. The summed E-state index contributed by atoms with van der Waals surface area (Å²) in [5.41, 5.74) is 4.17. The number of Topliss-reactive ketones (excluding diaryl/α,β-unsaturated/α-hetero) is 1. The largest absolute Gasteiger partial charge is 0.448 e. The second kappa shape index (κ2) is 13.3. The summed E-state index contributed by atoms with van der Waals surface area (Å²) in [6.07, 6.45) is 2.87. The van der Waals surface area contributed by atoms with Crippen LogP contribution in [0.2, 0.25) is 0 Å². The summed E-state index contributed by atoms with van der Waals surface area (Å²) in [7, 11) is 0. The number of nitrogens with one attached hydrogen (secondary N) is 1. The summed E-state index contributed by atoms with van der Waals surface area (Å²) in [5.74, 6) is -0.00683. The number of hydrogen-bond acceptors (Lipinski definition) is 5. The molecule has 0 radical (unpaired) electrons. The van der Waals surface area contributed by atoms with Gasteiger partial charge in [-0.1, -0.05) is 68.3 Å². The van der Waals surface area contributed by atoms with Crippen molar-refractivity contribution in [1.82, 2.24) is 10.2 Å². The zero-order valence-electron chi connectivity index (χ0n) is 22.5. The molecule has 200 valence electrons. The summed E-state index contributed by atoms with van der Waals surface area (Å²) in [6, 6.07) is 16.4. The second-order valence-corrected chi connectivity index (χ2v) is 10.5. The zero-order chi connectivity index (χ0) is 26.8. The van der Waals surface area contributed by atoms with Crippen molar-refractivity contribution in [2.24, 2.45) is 0 Å². The number of carbonyl (C=O) groups excluding carboxylic acids is 3. The number of rotatable bonds is 12. The van der Waals surface area contributed by atoms with Gasteiger partial charge in [0.05, 0.1) is 6.54 Å². The van der Waals surface area contributed by atoms with Crippen molar-refractivity contribution in [2.75, 3.05) is 26.2 Å². The summed E-state index contributed by atoms with van der Waals surface area (Å²) in [4.78, 5) is 38.4. The maximum atomic E-state index is 13.0. The highest BCUT2D eigenvalue weighted by molar-refractivity contribution is 5.84. The normalized spacial score (nSPS) is 12.4. The predicted octanol–water partition coefficient (Wildman–Crippen LogP) is 6.30. The lowest BCUT2D eigenvalue weighted by molar-refractivity contribution is -0.119. The van der Waals surface area contributed by atoms with Crippen molar-refractivity contribution in [3.8, 4) is 11.1 Å². The minimum atomic E-state index is -0.511. The molecule has 1 aliphatic rings. The molecule has 7 heteroatoms. The number of unbranched alkanes of at least 4 members (excludes halogenated alkanes) is 3. The van der Waals surface area contributed by atoms with Crippen LogP contribution < -0.4 is 5.32 Å². The minimum Gasteiger partial charge on any atom is -0.448 e. The van der Waals surface area contributed by atoms with Crippen LogP contribution in [-0.4, -0.2) is 54.7 Å². The number of alkyl carbamates (subject to hydrolysis) is 1. The van der Waals surface area contributed by atoms with Crippen LogP contribution in [0.25, 0.3) is 11.1 Å². The van der Waals surface area contributed by atoms with Gasteiger partial charge in [-0.05, 0) is 55.9 Å². The van der Waals surface area contributed by atoms with E-state index in [-0.39, 0.29) is 24.9 Å². The van der Waals surface area contributed by atoms with Crippen LogP contribution in [-0.2, 0) is 14.3 Å². The number of carbonyl (C=O) groups is 3. The SMILES string of the molecule is CCC(=O)CN(CCCCCCNC(=O)OC(C)(C)C)C(=O)OCC1c2ccccc2-c2ccccc21. The summed E-state index contributed by atoms with van der Waals surface area (Å²) in [6.45, 7) is 8.60. The van der Waals surface area contributed by atoms with E-state index in [1.54, 1.807) is 6.92 Å². The summed E-state index contributed by atoms with van der Waals surface area (Å²) >= 11 is 0. The molecule has 0 unspecified atom stereocenters. The molecule has 1 aliphatic carbocycles. The van der Waals surface area contributed by atoms with Crippen molar-refractivity contribution in [3.63, 3.8) is 0 Å². The fourth-order valence-corrected chi connectivity index (χ4v) is 4.53. The predicted molar refractivity (Wildman–Crippen MR) is 145 cm³/mol. The van der Waals surface area contributed by atoms with Crippen LogP contribution >= 0.6 is 0 Å². The van der Waals surface area contributed by atoms with Crippen molar-refractivity contribution in [2.45, 2.75) is 71.3 Å². The Bertz CT molecular complexity index is 1030.